The van der Waals surface area contributed by atoms with Crippen LogP contribution in [0.3, 0.4) is 0 Å². The Kier molecular flexibility index (Phi) is 2.99. The summed E-state index contributed by atoms with van der Waals surface area (Å²) in [6, 6.07) is 6.86. The lowest BCUT2D eigenvalue weighted by atomic mass is 9.95. The Hall–Kier alpha value is -2.04. The summed E-state index contributed by atoms with van der Waals surface area (Å²) < 4.78 is 10.1. The molecule has 1 aromatic rings. The van der Waals surface area contributed by atoms with Crippen molar-refractivity contribution in [2.75, 3.05) is 7.11 Å². The van der Waals surface area contributed by atoms with E-state index in [1.807, 2.05) is 0 Å². The second-order valence-electron chi connectivity index (χ2n) is 3.78. The van der Waals surface area contributed by atoms with Crippen molar-refractivity contribution in [3.8, 4) is 5.75 Å². The molecule has 0 aromatic heterocycles. The average molecular weight is 235 g/mol. The molecule has 0 N–H and O–H groups in total. The van der Waals surface area contributed by atoms with Gasteiger partial charge in [-0.3, -0.25) is 4.79 Å². The van der Waals surface area contributed by atoms with E-state index in [1.54, 1.807) is 24.3 Å². The van der Waals surface area contributed by atoms with E-state index in [0.717, 1.165) is 0 Å². The van der Waals surface area contributed by atoms with Gasteiger partial charge in [-0.2, -0.15) is 0 Å². The molecule has 2 atom stereocenters. The summed E-state index contributed by atoms with van der Waals surface area (Å²) in [5, 5.41) is 10.9. The fourth-order valence-corrected chi connectivity index (χ4v) is 1.95. The molecule has 17 heavy (non-hydrogen) atoms. The molecule has 0 radical (unpaired) electrons. The maximum Gasteiger partial charge on any atom is 0.307 e. The minimum Gasteiger partial charge on any atom is -0.550 e. The Morgan fingerprint density at radius 2 is 2.18 bits per heavy atom. The zero-order valence-electron chi connectivity index (χ0n) is 9.21. The number of cyclic esters (lactones) is 1. The first-order chi connectivity index (χ1) is 8.13. The molecule has 1 aliphatic heterocycles. The summed E-state index contributed by atoms with van der Waals surface area (Å²) in [4.78, 5) is 22.1. The predicted molar refractivity (Wildman–Crippen MR) is 54.9 cm³/mol. The van der Waals surface area contributed by atoms with Crippen molar-refractivity contribution in [2.45, 2.75) is 12.5 Å². The Bertz CT molecular complexity index is 454. The number of carbonyl (C=O) groups is 2. The van der Waals surface area contributed by atoms with Crippen molar-refractivity contribution in [2.24, 2.45) is 5.92 Å². The van der Waals surface area contributed by atoms with Gasteiger partial charge in [0.05, 0.1) is 19.4 Å². The van der Waals surface area contributed by atoms with Crippen molar-refractivity contribution in [1.82, 2.24) is 0 Å². The van der Waals surface area contributed by atoms with Gasteiger partial charge in [-0.15, -0.1) is 0 Å². The second kappa shape index (κ2) is 4.45. The molecule has 2 rings (SSSR count). The van der Waals surface area contributed by atoms with Gasteiger partial charge in [-0.25, -0.2) is 0 Å². The van der Waals surface area contributed by atoms with Gasteiger partial charge in [0.2, 0.25) is 0 Å². The standard InChI is InChI=1S/C12H12O5/c1-16-9-5-3-2-4-7(9)11-8(12(14)15)6-10(13)17-11/h2-5,8,11H,6H2,1H3,(H,14,15)/p-1/t8-,11-/m0/s1. The van der Waals surface area contributed by atoms with Crippen molar-refractivity contribution in [1.29, 1.82) is 0 Å². The molecule has 1 aromatic carbocycles. The van der Waals surface area contributed by atoms with E-state index in [0.29, 0.717) is 11.3 Å². The number of para-hydroxylation sites is 1. The maximum atomic E-state index is 11.2. The van der Waals surface area contributed by atoms with Crippen LogP contribution in [0.1, 0.15) is 18.1 Å². The third-order valence-corrected chi connectivity index (χ3v) is 2.76. The van der Waals surface area contributed by atoms with Crippen LogP contribution in [0.5, 0.6) is 5.75 Å². The summed E-state index contributed by atoms with van der Waals surface area (Å²) in [6.07, 6.45) is -0.992. The van der Waals surface area contributed by atoms with Gasteiger partial charge in [0, 0.05) is 11.5 Å². The Labute approximate surface area is 98.0 Å². The van der Waals surface area contributed by atoms with E-state index in [9.17, 15) is 14.7 Å². The van der Waals surface area contributed by atoms with Crippen LogP contribution in [0.25, 0.3) is 0 Å². The van der Waals surface area contributed by atoms with E-state index in [-0.39, 0.29) is 6.42 Å². The quantitative estimate of drug-likeness (QED) is 0.692. The zero-order chi connectivity index (χ0) is 12.4. The summed E-state index contributed by atoms with van der Waals surface area (Å²) in [6.45, 7) is 0. The summed E-state index contributed by atoms with van der Waals surface area (Å²) >= 11 is 0. The SMILES string of the molecule is COc1ccccc1[C@@H]1OC(=O)C[C@@H]1C(=O)[O-]. The van der Waals surface area contributed by atoms with Crippen molar-refractivity contribution < 1.29 is 24.2 Å². The summed E-state index contributed by atoms with van der Waals surface area (Å²) in [7, 11) is 1.48. The number of carboxylic acid groups (broad SMARTS) is 1. The predicted octanol–water partition coefficient (Wildman–Crippen LogP) is 0.0493. The number of rotatable bonds is 3. The number of hydrogen-bond acceptors (Lipinski definition) is 5. The molecule has 90 valence electrons. The fourth-order valence-electron chi connectivity index (χ4n) is 1.95. The molecular formula is C12H11O5-. The largest absolute Gasteiger partial charge is 0.550 e. The lowest BCUT2D eigenvalue weighted by molar-refractivity contribution is -0.312. The minimum absolute atomic E-state index is 0.162. The molecule has 0 saturated carbocycles. The van der Waals surface area contributed by atoms with E-state index < -0.39 is 24.0 Å². The summed E-state index contributed by atoms with van der Waals surface area (Å²) in [5.74, 6) is -2.28. The molecule has 1 aliphatic rings. The van der Waals surface area contributed by atoms with Crippen molar-refractivity contribution in [3.05, 3.63) is 29.8 Å². The first kappa shape index (κ1) is 11.4. The van der Waals surface area contributed by atoms with E-state index in [2.05, 4.69) is 0 Å². The fraction of sp³-hybridized carbons (Fsp3) is 0.333. The molecule has 1 fully saturated rings. The van der Waals surface area contributed by atoms with Crippen molar-refractivity contribution >= 4 is 11.9 Å². The number of benzene rings is 1. The topological polar surface area (TPSA) is 75.7 Å². The van der Waals surface area contributed by atoms with E-state index >= 15 is 0 Å². The molecule has 1 saturated heterocycles. The van der Waals surface area contributed by atoms with E-state index in [4.69, 9.17) is 9.47 Å². The third-order valence-electron chi connectivity index (χ3n) is 2.76. The first-order valence-electron chi connectivity index (χ1n) is 5.16. The van der Waals surface area contributed by atoms with Crippen LogP contribution >= 0.6 is 0 Å². The van der Waals surface area contributed by atoms with Gasteiger partial charge in [0.1, 0.15) is 11.9 Å². The molecule has 1 heterocycles. The monoisotopic (exact) mass is 235 g/mol. The van der Waals surface area contributed by atoms with Crippen LogP contribution in [0.4, 0.5) is 0 Å². The molecule has 0 spiro atoms. The smallest absolute Gasteiger partial charge is 0.307 e. The minimum atomic E-state index is -1.29. The van der Waals surface area contributed by atoms with Gasteiger partial charge in [0.15, 0.2) is 0 Å². The van der Waals surface area contributed by atoms with Gasteiger partial charge in [-0.1, -0.05) is 18.2 Å². The molecule has 0 aliphatic carbocycles. The molecule has 5 nitrogen and oxygen atoms in total. The Balaban J connectivity index is 2.38. The number of carbonyl (C=O) groups excluding carboxylic acids is 2. The first-order valence-corrected chi connectivity index (χ1v) is 5.16. The summed E-state index contributed by atoms with van der Waals surface area (Å²) in [5.41, 5.74) is 0.551. The Morgan fingerprint density at radius 1 is 1.47 bits per heavy atom. The van der Waals surface area contributed by atoms with Gasteiger partial charge >= 0.3 is 5.97 Å². The molecule has 0 amide bonds. The van der Waals surface area contributed by atoms with Crippen LogP contribution in [0.15, 0.2) is 24.3 Å². The lowest BCUT2D eigenvalue weighted by Gasteiger charge is -2.20. The lowest BCUT2D eigenvalue weighted by Crippen LogP contribution is -2.33. The molecule has 0 bridgehead atoms. The number of ether oxygens (including phenoxy) is 2. The number of carboxylic acids is 1. The maximum absolute atomic E-state index is 11.2. The van der Waals surface area contributed by atoms with Gasteiger partial charge < -0.3 is 19.4 Å². The number of esters is 1. The van der Waals surface area contributed by atoms with Crippen LogP contribution in [0, 0.1) is 5.92 Å². The van der Waals surface area contributed by atoms with Crippen LogP contribution < -0.4 is 9.84 Å². The highest BCUT2D eigenvalue weighted by Gasteiger charge is 2.38. The highest BCUT2D eigenvalue weighted by molar-refractivity contribution is 5.82. The Morgan fingerprint density at radius 3 is 2.82 bits per heavy atom. The van der Waals surface area contributed by atoms with Crippen LogP contribution in [-0.4, -0.2) is 19.0 Å². The average Bonchev–Trinajstić information content (AvgIpc) is 2.71. The van der Waals surface area contributed by atoms with Crippen LogP contribution in [0.2, 0.25) is 0 Å². The molecule has 0 unspecified atom stereocenters. The van der Waals surface area contributed by atoms with Gasteiger partial charge in [0.25, 0.3) is 0 Å². The highest BCUT2D eigenvalue weighted by Crippen LogP contribution is 2.39. The number of hydrogen-bond donors (Lipinski definition) is 0. The van der Waals surface area contributed by atoms with E-state index in [1.165, 1.54) is 7.11 Å². The third kappa shape index (κ3) is 2.08. The normalized spacial score (nSPS) is 23.2. The second-order valence-corrected chi connectivity index (χ2v) is 3.78. The number of methoxy groups -OCH3 is 1. The highest BCUT2D eigenvalue weighted by atomic mass is 16.6. The molecular weight excluding hydrogens is 224 g/mol. The van der Waals surface area contributed by atoms with Gasteiger partial charge in [-0.05, 0) is 6.07 Å². The van der Waals surface area contributed by atoms with Crippen molar-refractivity contribution in [3.63, 3.8) is 0 Å². The zero-order valence-corrected chi connectivity index (χ0v) is 9.21. The number of aliphatic carboxylic acids is 1. The van der Waals surface area contributed by atoms with Crippen LogP contribution in [-0.2, 0) is 14.3 Å². The molecule has 5 heteroatoms.